The Bertz CT molecular complexity index is 868. The van der Waals surface area contributed by atoms with Gasteiger partial charge in [-0.3, -0.25) is 4.90 Å². The summed E-state index contributed by atoms with van der Waals surface area (Å²) in [6.45, 7) is 1.04. The summed E-state index contributed by atoms with van der Waals surface area (Å²) in [5.74, 6) is 3.06. The number of fused-ring (bicyclic) bond motifs is 2. The molecule has 1 heterocycles. The summed E-state index contributed by atoms with van der Waals surface area (Å²) >= 11 is 0. The summed E-state index contributed by atoms with van der Waals surface area (Å²) in [5.41, 5.74) is 6.21. The fourth-order valence-electron chi connectivity index (χ4n) is 4.38. The van der Waals surface area contributed by atoms with Crippen molar-refractivity contribution in [3.8, 4) is 34.1 Å². The normalized spacial score (nSPS) is 17.3. The zero-order valence-corrected chi connectivity index (χ0v) is 18.7. The Morgan fingerprint density at radius 1 is 0.852 bits per heavy atom. The fourth-order valence-corrected chi connectivity index (χ4v) is 4.38. The van der Waals surface area contributed by atoms with Gasteiger partial charge in [0.1, 0.15) is 0 Å². The van der Waals surface area contributed by atoms with Gasteiger partial charge in [0.25, 0.3) is 0 Å². The molecule has 0 radical (unpaired) electrons. The third-order valence-corrected chi connectivity index (χ3v) is 5.69. The molecule has 1 aliphatic heterocycles. The van der Waals surface area contributed by atoms with Gasteiger partial charge in [0.05, 0.1) is 28.4 Å². The lowest BCUT2D eigenvalue weighted by molar-refractivity contribution is 0.226. The van der Waals surface area contributed by atoms with E-state index in [4.69, 9.17) is 18.9 Å². The van der Waals surface area contributed by atoms with Crippen LogP contribution < -0.4 is 18.9 Å². The summed E-state index contributed by atoms with van der Waals surface area (Å²) in [7, 11) is 8.94. The van der Waals surface area contributed by atoms with Gasteiger partial charge in [-0.05, 0) is 60.3 Å². The van der Waals surface area contributed by atoms with E-state index in [-0.39, 0.29) is 24.0 Å². The molecule has 5 nitrogen and oxygen atoms in total. The lowest BCUT2D eigenvalue weighted by atomic mass is 9.76. The Morgan fingerprint density at radius 3 is 2.11 bits per heavy atom. The molecular weight excluding hydrogens is 457 g/mol. The highest BCUT2D eigenvalue weighted by Gasteiger charge is 2.36. The first kappa shape index (κ1) is 20.1. The zero-order chi connectivity index (χ0) is 18.4. The van der Waals surface area contributed by atoms with Crippen molar-refractivity contribution < 1.29 is 18.9 Å². The highest BCUT2D eigenvalue weighted by Crippen LogP contribution is 2.53. The topological polar surface area (TPSA) is 40.2 Å². The molecule has 2 aromatic carbocycles. The van der Waals surface area contributed by atoms with Crippen LogP contribution in [0.15, 0.2) is 18.2 Å². The minimum atomic E-state index is 0. The average molecular weight is 483 g/mol. The first-order chi connectivity index (χ1) is 12.6. The summed E-state index contributed by atoms with van der Waals surface area (Å²) in [6.07, 6.45) is 1.96. The highest BCUT2D eigenvalue weighted by molar-refractivity contribution is 14.0. The number of benzene rings is 2. The average Bonchev–Trinajstić information content (AvgIpc) is 2.68. The number of hydrogen-bond donors (Lipinski definition) is 0. The van der Waals surface area contributed by atoms with Crippen molar-refractivity contribution in [1.29, 1.82) is 0 Å². The Morgan fingerprint density at radius 2 is 1.48 bits per heavy atom. The van der Waals surface area contributed by atoms with E-state index in [2.05, 4.69) is 30.1 Å². The largest absolute Gasteiger partial charge is 0.493 e. The molecular formula is C21H26INO4. The highest BCUT2D eigenvalue weighted by atomic mass is 127. The van der Waals surface area contributed by atoms with Gasteiger partial charge in [0, 0.05) is 18.2 Å². The van der Waals surface area contributed by atoms with Gasteiger partial charge in [-0.2, -0.15) is 0 Å². The molecule has 146 valence electrons. The quantitative estimate of drug-likeness (QED) is 0.613. The second-order valence-electron chi connectivity index (χ2n) is 6.87. The lowest BCUT2D eigenvalue weighted by Gasteiger charge is -2.40. The van der Waals surface area contributed by atoms with E-state index in [1.165, 1.54) is 16.7 Å². The second kappa shape index (κ2) is 7.75. The molecule has 0 unspecified atom stereocenters. The van der Waals surface area contributed by atoms with E-state index >= 15 is 0 Å². The standard InChI is InChI=1S/C21H25NO4.HI/c1-22-7-6-12-9-18(25-4)21(26-5)20-14-11-17(24-3)16(23-2)10-13(14)8-15(22)19(12)20;/h9-11,15H,6-8H2,1-5H3;1H/t15-;/m0./s1. The van der Waals surface area contributed by atoms with Gasteiger partial charge >= 0.3 is 0 Å². The van der Waals surface area contributed by atoms with Gasteiger partial charge in [0.2, 0.25) is 0 Å². The Hall–Kier alpha value is -1.67. The van der Waals surface area contributed by atoms with E-state index in [0.717, 1.165) is 53.5 Å². The van der Waals surface area contributed by atoms with E-state index in [1.807, 2.05) is 0 Å². The fraction of sp³-hybridized carbons (Fsp3) is 0.429. The summed E-state index contributed by atoms with van der Waals surface area (Å²) < 4.78 is 22.6. The van der Waals surface area contributed by atoms with Crippen molar-refractivity contribution >= 4 is 24.0 Å². The van der Waals surface area contributed by atoms with Crippen LogP contribution in [0.2, 0.25) is 0 Å². The van der Waals surface area contributed by atoms with Crippen LogP contribution in [0.25, 0.3) is 11.1 Å². The van der Waals surface area contributed by atoms with E-state index < -0.39 is 0 Å². The van der Waals surface area contributed by atoms with Gasteiger partial charge < -0.3 is 18.9 Å². The SMILES string of the molecule is COc1cc2c(cc1OC)-c1c(OC)c(OC)cc3c1[C@H](C2)N(C)CC3.I. The number of hydrogen-bond acceptors (Lipinski definition) is 5. The number of ether oxygens (including phenoxy) is 4. The zero-order valence-electron chi connectivity index (χ0n) is 16.4. The third-order valence-electron chi connectivity index (χ3n) is 5.69. The van der Waals surface area contributed by atoms with Crippen LogP contribution in [0.1, 0.15) is 22.7 Å². The van der Waals surface area contributed by atoms with Crippen molar-refractivity contribution in [2.24, 2.45) is 0 Å². The Balaban J connectivity index is 0.00000210. The molecule has 0 amide bonds. The summed E-state index contributed by atoms with van der Waals surface area (Å²) in [5, 5.41) is 0. The molecule has 0 fully saturated rings. The second-order valence-corrected chi connectivity index (χ2v) is 6.87. The molecule has 0 bridgehead atoms. The summed E-state index contributed by atoms with van der Waals surface area (Å²) in [4.78, 5) is 2.43. The number of likely N-dealkylation sites (N-methyl/N-ethyl adjacent to an activating group) is 1. The predicted molar refractivity (Wildman–Crippen MR) is 116 cm³/mol. The molecule has 1 atom stereocenters. The third kappa shape index (κ3) is 3.02. The molecule has 1 aliphatic carbocycles. The summed E-state index contributed by atoms with van der Waals surface area (Å²) in [6, 6.07) is 6.64. The molecule has 27 heavy (non-hydrogen) atoms. The van der Waals surface area contributed by atoms with Crippen molar-refractivity contribution in [1.82, 2.24) is 4.90 Å². The maximum absolute atomic E-state index is 5.81. The minimum absolute atomic E-state index is 0. The smallest absolute Gasteiger partial charge is 0.168 e. The molecule has 0 saturated carbocycles. The minimum Gasteiger partial charge on any atom is -0.493 e. The molecule has 6 heteroatoms. The van der Waals surface area contributed by atoms with Gasteiger partial charge in [0.15, 0.2) is 23.0 Å². The van der Waals surface area contributed by atoms with E-state index in [9.17, 15) is 0 Å². The van der Waals surface area contributed by atoms with Crippen LogP contribution in [-0.4, -0.2) is 46.9 Å². The van der Waals surface area contributed by atoms with E-state index in [0.29, 0.717) is 6.04 Å². The van der Waals surface area contributed by atoms with Crippen LogP contribution in [0.4, 0.5) is 0 Å². The molecule has 0 spiro atoms. The van der Waals surface area contributed by atoms with Gasteiger partial charge in [-0.1, -0.05) is 0 Å². The van der Waals surface area contributed by atoms with Crippen LogP contribution >= 0.6 is 24.0 Å². The molecule has 2 aliphatic rings. The Labute approximate surface area is 177 Å². The van der Waals surface area contributed by atoms with Crippen LogP contribution in [0, 0.1) is 0 Å². The maximum atomic E-state index is 5.81. The predicted octanol–water partition coefficient (Wildman–Crippen LogP) is 4.09. The molecule has 0 aromatic heterocycles. The van der Waals surface area contributed by atoms with Gasteiger partial charge in [-0.15, -0.1) is 24.0 Å². The first-order valence-electron chi connectivity index (χ1n) is 8.86. The van der Waals surface area contributed by atoms with Crippen LogP contribution in [0.3, 0.4) is 0 Å². The molecule has 0 N–H and O–H groups in total. The van der Waals surface area contributed by atoms with Crippen LogP contribution in [0.5, 0.6) is 23.0 Å². The number of halogens is 1. The van der Waals surface area contributed by atoms with Crippen LogP contribution in [-0.2, 0) is 12.8 Å². The van der Waals surface area contributed by atoms with Crippen molar-refractivity contribution in [2.75, 3.05) is 42.0 Å². The number of rotatable bonds is 4. The van der Waals surface area contributed by atoms with Crippen molar-refractivity contribution in [3.63, 3.8) is 0 Å². The number of nitrogens with zero attached hydrogens (tertiary/aromatic N) is 1. The van der Waals surface area contributed by atoms with E-state index in [1.54, 1.807) is 28.4 Å². The van der Waals surface area contributed by atoms with Crippen molar-refractivity contribution in [3.05, 3.63) is 34.9 Å². The van der Waals surface area contributed by atoms with Gasteiger partial charge in [-0.25, -0.2) is 0 Å². The Kier molecular flexibility index (Phi) is 5.76. The first-order valence-corrected chi connectivity index (χ1v) is 8.86. The molecule has 4 rings (SSSR count). The monoisotopic (exact) mass is 483 g/mol. The molecule has 0 saturated heterocycles. The molecule has 2 aromatic rings. The van der Waals surface area contributed by atoms with Crippen molar-refractivity contribution in [2.45, 2.75) is 18.9 Å². The lowest BCUT2D eigenvalue weighted by Crippen LogP contribution is -2.35. The maximum Gasteiger partial charge on any atom is 0.168 e. The number of methoxy groups -OCH3 is 4.